The largest absolute Gasteiger partial charge is 0.416 e. The monoisotopic (exact) mass is 534 g/mol. The smallest absolute Gasteiger partial charge is 0.246 e. The van der Waals surface area contributed by atoms with Crippen LogP contribution in [0.2, 0.25) is 0 Å². The topological polar surface area (TPSA) is 0 Å². The van der Waals surface area contributed by atoms with Crippen molar-refractivity contribution in [3.8, 4) is 33.4 Å². The highest BCUT2D eigenvalue weighted by Crippen LogP contribution is 2.45. The number of halogens is 4. The lowest BCUT2D eigenvalue weighted by Crippen LogP contribution is -2.04. The normalized spacial score (nSPS) is 11.8. The lowest BCUT2D eigenvalue weighted by Gasteiger charge is -2.22. The summed E-state index contributed by atoms with van der Waals surface area (Å²) in [5, 5.41) is 4.27. The highest BCUT2D eigenvalue weighted by molar-refractivity contribution is 6.11. The molecule has 0 fully saturated rings. The fraction of sp³-hybridized carbons (Fsp3) is 0.111. The van der Waals surface area contributed by atoms with Crippen LogP contribution in [-0.2, 0) is 12.9 Å². The van der Waals surface area contributed by atoms with Crippen molar-refractivity contribution in [2.24, 2.45) is 0 Å². The molecule has 6 aromatic carbocycles. The van der Waals surface area contributed by atoms with Gasteiger partial charge in [0.15, 0.2) is 0 Å². The van der Waals surface area contributed by atoms with Gasteiger partial charge in [-0.15, -0.1) is 0 Å². The molecule has 0 saturated heterocycles. The van der Waals surface area contributed by atoms with Crippen LogP contribution in [-0.4, -0.2) is 0 Å². The molecule has 0 heterocycles. The van der Waals surface area contributed by atoms with Gasteiger partial charge in [-0.1, -0.05) is 84.9 Å². The van der Waals surface area contributed by atoms with Crippen LogP contribution >= 0.6 is 0 Å². The molecule has 40 heavy (non-hydrogen) atoms. The summed E-state index contributed by atoms with van der Waals surface area (Å²) < 4.78 is 53.1. The molecule has 6 rings (SSSR count). The van der Waals surface area contributed by atoms with Gasteiger partial charge in [0.1, 0.15) is 6.67 Å². The van der Waals surface area contributed by atoms with E-state index in [2.05, 4.69) is 37.3 Å². The van der Waals surface area contributed by atoms with Crippen molar-refractivity contribution >= 4 is 21.5 Å². The zero-order valence-corrected chi connectivity index (χ0v) is 22.1. The van der Waals surface area contributed by atoms with E-state index in [4.69, 9.17) is 0 Å². The summed E-state index contributed by atoms with van der Waals surface area (Å²) in [6, 6.07) is 33.6. The molecule has 0 spiro atoms. The second-order valence-electron chi connectivity index (χ2n) is 10.2. The maximum Gasteiger partial charge on any atom is 0.416 e. The number of hydrogen-bond donors (Lipinski definition) is 0. The van der Waals surface area contributed by atoms with E-state index in [1.807, 2.05) is 61.5 Å². The highest BCUT2D eigenvalue weighted by atomic mass is 19.4. The van der Waals surface area contributed by atoms with E-state index in [9.17, 15) is 17.6 Å². The minimum atomic E-state index is -4.39. The number of alkyl halides is 4. The molecular weight excluding hydrogens is 508 g/mol. The Morgan fingerprint density at radius 2 is 0.975 bits per heavy atom. The van der Waals surface area contributed by atoms with E-state index >= 15 is 0 Å². The summed E-state index contributed by atoms with van der Waals surface area (Å²) in [6.07, 6.45) is -4.39. The summed E-state index contributed by atoms with van der Waals surface area (Å²) in [6.45, 7) is 3.65. The van der Waals surface area contributed by atoms with Gasteiger partial charge in [-0.3, -0.25) is 0 Å². The molecule has 0 radical (unpaired) electrons. The summed E-state index contributed by atoms with van der Waals surface area (Å²) >= 11 is 0. The van der Waals surface area contributed by atoms with Gasteiger partial charge in [-0.05, 0) is 110 Å². The van der Waals surface area contributed by atoms with Gasteiger partial charge in [-0.25, -0.2) is 4.39 Å². The van der Waals surface area contributed by atoms with Crippen LogP contribution in [0.25, 0.3) is 54.9 Å². The molecule has 0 aromatic heterocycles. The first-order valence-electron chi connectivity index (χ1n) is 13.1. The van der Waals surface area contributed by atoms with Crippen LogP contribution in [0.3, 0.4) is 0 Å². The van der Waals surface area contributed by atoms with Crippen LogP contribution < -0.4 is 0 Å². The summed E-state index contributed by atoms with van der Waals surface area (Å²) in [5.74, 6) is 0. The van der Waals surface area contributed by atoms with Crippen molar-refractivity contribution in [2.45, 2.75) is 26.7 Å². The third-order valence-electron chi connectivity index (χ3n) is 7.81. The minimum Gasteiger partial charge on any atom is -0.246 e. The van der Waals surface area contributed by atoms with E-state index in [0.717, 1.165) is 78.2 Å². The predicted molar refractivity (Wildman–Crippen MR) is 157 cm³/mol. The first kappa shape index (κ1) is 25.8. The van der Waals surface area contributed by atoms with Gasteiger partial charge in [-0.2, -0.15) is 13.2 Å². The fourth-order valence-electron chi connectivity index (χ4n) is 5.76. The van der Waals surface area contributed by atoms with Gasteiger partial charge in [0.05, 0.1) is 5.56 Å². The Bertz CT molecular complexity index is 1860. The molecule has 0 aliphatic carbocycles. The molecule has 0 saturated carbocycles. The Labute approximate surface area is 230 Å². The number of rotatable bonds is 4. The lowest BCUT2D eigenvalue weighted by molar-refractivity contribution is -0.137. The zero-order valence-electron chi connectivity index (χ0n) is 22.1. The van der Waals surface area contributed by atoms with Gasteiger partial charge >= 0.3 is 6.18 Å². The highest BCUT2D eigenvalue weighted by Gasteiger charge is 2.30. The average molecular weight is 535 g/mol. The number of fused-ring (bicyclic) bond motifs is 2. The third kappa shape index (κ3) is 4.44. The standard InChI is InChI=1S/C36H26F4/c1-22-32(25-13-11-24(21-37)12-14-25)19-27-7-3-5-9-30(27)34(22)35-23(2)33(20-28-8-4-6-10-31(28)35)26-15-17-29(18-16-26)36(38,39)40/h3-20H,21H2,1-2H3. The van der Waals surface area contributed by atoms with Gasteiger partial charge in [0.2, 0.25) is 0 Å². The third-order valence-corrected chi connectivity index (χ3v) is 7.81. The van der Waals surface area contributed by atoms with Gasteiger partial charge in [0, 0.05) is 0 Å². The van der Waals surface area contributed by atoms with Crippen molar-refractivity contribution in [1.29, 1.82) is 0 Å². The molecule has 4 heteroatoms. The molecule has 0 atom stereocenters. The van der Waals surface area contributed by atoms with Crippen LogP contribution in [0.4, 0.5) is 17.6 Å². The lowest BCUT2D eigenvalue weighted by atomic mass is 9.82. The predicted octanol–water partition coefficient (Wildman–Crippen LogP) is 11.1. The average Bonchev–Trinajstić information content (AvgIpc) is 2.97. The molecule has 0 aliphatic rings. The Morgan fingerprint density at radius 1 is 0.550 bits per heavy atom. The molecule has 0 amide bonds. The molecule has 0 N–H and O–H groups in total. The zero-order chi connectivity index (χ0) is 28.0. The quantitative estimate of drug-likeness (QED) is 0.197. The van der Waals surface area contributed by atoms with Crippen LogP contribution in [0.1, 0.15) is 22.3 Å². The fourth-order valence-corrected chi connectivity index (χ4v) is 5.76. The number of hydrogen-bond acceptors (Lipinski definition) is 0. The Morgan fingerprint density at radius 3 is 1.40 bits per heavy atom. The molecule has 6 aromatic rings. The molecular formula is C36H26F4. The van der Waals surface area contributed by atoms with Crippen molar-refractivity contribution in [2.75, 3.05) is 0 Å². The van der Waals surface area contributed by atoms with Crippen molar-refractivity contribution in [3.63, 3.8) is 0 Å². The second-order valence-corrected chi connectivity index (χ2v) is 10.2. The van der Waals surface area contributed by atoms with E-state index in [1.165, 1.54) is 0 Å². The number of benzene rings is 6. The second kappa shape index (κ2) is 9.95. The Kier molecular flexibility index (Phi) is 6.42. The van der Waals surface area contributed by atoms with Crippen molar-refractivity contribution in [1.82, 2.24) is 0 Å². The van der Waals surface area contributed by atoms with Crippen LogP contribution in [0.5, 0.6) is 0 Å². The Balaban J connectivity index is 1.67. The summed E-state index contributed by atoms with van der Waals surface area (Å²) in [7, 11) is 0. The van der Waals surface area contributed by atoms with Crippen LogP contribution in [0.15, 0.2) is 109 Å². The summed E-state index contributed by atoms with van der Waals surface area (Å²) in [4.78, 5) is 0. The molecule has 0 nitrogen and oxygen atoms in total. The van der Waals surface area contributed by atoms with E-state index in [1.54, 1.807) is 12.1 Å². The van der Waals surface area contributed by atoms with E-state index < -0.39 is 18.4 Å². The Hall–Kier alpha value is -4.44. The van der Waals surface area contributed by atoms with Gasteiger partial charge in [0.25, 0.3) is 0 Å². The molecule has 0 unspecified atom stereocenters. The minimum absolute atomic E-state index is 0.510. The SMILES string of the molecule is Cc1c(-c2ccc(CF)cc2)cc2ccccc2c1-c1c(C)c(-c2ccc(C(F)(F)F)cc2)cc2ccccc12. The van der Waals surface area contributed by atoms with Crippen LogP contribution in [0, 0.1) is 13.8 Å². The molecule has 0 bridgehead atoms. The van der Waals surface area contributed by atoms with Crippen molar-refractivity contribution < 1.29 is 17.6 Å². The maximum absolute atomic E-state index is 13.3. The molecule has 198 valence electrons. The maximum atomic E-state index is 13.3. The van der Waals surface area contributed by atoms with Gasteiger partial charge < -0.3 is 0 Å². The first-order valence-corrected chi connectivity index (χ1v) is 13.1. The summed E-state index contributed by atoms with van der Waals surface area (Å²) in [5.41, 5.74) is 7.89. The van der Waals surface area contributed by atoms with Crippen molar-refractivity contribution in [3.05, 3.63) is 131 Å². The van der Waals surface area contributed by atoms with E-state index in [0.29, 0.717) is 5.56 Å². The van der Waals surface area contributed by atoms with E-state index in [-0.39, 0.29) is 0 Å². The first-order chi connectivity index (χ1) is 19.3. The molecule has 0 aliphatic heterocycles.